The number of hydrogen-bond donors (Lipinski definition) is 1. The summed E-state index contributed by atoms with van der Waals surface area (Å²) in [6, 6.07) is -0.0282. The summed E-state index contributed by atoms with van der Waals surface area (Å²) in [6.45, 7) is 0.547. The van der Waals surface area contributed by atoms with E-state index in [-0.39, 0.29) is 11.7 Å². The molecule has 1 aliphatic heterocycles. The Kier molecular flexibility index (Phi) is 7.11. The van der Waals surface area contributed by atoms with Crippen LogP contribution in [0.3, 0.4) is 0 Å². The first-order chi connectivity index (χ1) is 14.1. The first kappa shape index (κ1) is 25.5. The normalized spacial score (nSPS) is 18.6. The molecule has 0 bridgehead atoms. The van der Waals surface area contributed by atoms with Crippen LogP contribution in [-0.4, -0.2) is 38.3 Å². The van der Waals surface area contributed by atoms with Crippen LogP contribution in [0.25, 0.3) is 0 Å². The van der Waals surface area contributed by atoms with Crippen LogP contribution in [0.5, 0.6) is 0 Å². The Morgan fingerprint density at radius 2 is 1.71 bits per heavy atom. The molecule has 1 atom stereocenters. The minimum absolute atomic E-state index is 0.0903. The fraction of sp³-hybridized carbons (Fsp3) is 0.400. The molecule has 0 saturated heterocycles. The fourth-order valence-electron chi connectivity index (χ4n) is 2.69. The standard InChI is InChI=1S/C15H12Cl2F6N4O3S/c1-2-30-6-11-13(31(28,29)15(21,22)23)10(5-24)27(25)26(11)12-8(16)3-7(4-9(12)17)14(18,19)20/h3-4,10H,2,6,25H2,1H3. The number of hydrogen-bond acceptors (Lipinski definition) is 7. The van der Waals surface area contributed by atoms with Gasteiger partial charge in [-0.05, 0) is 19.1 Å². The van der Waals surface area contributed by atoms with Crippen molar-refractivity contribution in [3.8, 4) is 6.07 Å². The van der Waals surface area contributed by atoms with Crippen molar-refractivity contribution < 1.29 is 39.5 Å². The molecule has 0 amide bonds. The minimum Gasteiger partial charge on any atom is -0.375 e. The summed E-state index contributed by atoms with van der Waals surface area (Å²) in [5.41, 5.74) is -8.43. The molecule has 0 saturated carbocycles. The maximum Gasteiger partial charge on any atom is 0.501 e. The van der Waals surface area contributed by atoms with Gasteiger partial charge in [-0.25, -0.2) is 14.3 Å². The van der Waals surface area contributed by atoms with E-state index < -0.39 is 66.1 Å². The van der Waals surface area contributed by atoms with Gasteiger partial charge in [0.25, 0.3) is 9.84 Å². The third-order valence-electron chi connectivity index (χ3n) is 4.00. The highest BCUT2D eigenvalue weighted by atomic mass is 35.5. The summed E-state index contributed by atoms with van der Waals surface area (Å²) >= 11 is 11.8. The summed E-state index contributed by atoms with van der Waals surface area (Å²) in [5.74, 6) is 5.69. The molecule has 0 spiro atoms. The van der Waals surface area contributed by atoms with Crippen LogP contribution in [-0.2, 0) is 20.8 Å². The van der Waals surface area contributed by atoms with Crippen molar-refractivity contribution in [3.05, 3.63) is 38.3 Å². The topological polar surface area (TPSA) is 99.7 Å². The lowest BCUT2D eigenvalue weighted by Gasteiger charge is -2.31. The second-order valence-electron chi connectivity index (χ2n) is 5.91. The Bertz CT molecular complexity index is 1030. The van der Waals surface area contributed by atoms with E-state index >= 15 is 0 Å². The zero-order valence-corrected chi connectivity index (χ0v) is 17.6. The lowest BCUT2D eigenvalue weighted by Crippen LogP contribution is -2.49. The van der Waals surface area contributed by atoms with Crippen LogP contribution >= 0.6 is 23.2 Å². The van der Waals surface area contributed by atoms with Crippen molar-refractivity contribution in [2.24, 2.45) is 5.84 Å². The summed E-state index contributed by atoms with van der Waals surface area (Å²) in [5, 5.41) is 8.67. The summed E-state index contributed by atoms with van der Waals surface area (Å²) in [4.78, 5) is -1.45. The quantitative estimate of drug-likeness (QED) is 0.470. The summed E-state index contributed by atoms with van der Waals surface area (Å²) in [7, 11) is -6.10. The molecule has 16 heteroatoms. The molecule has 1 aromatic carbocycles. The number of anilines is 1. The predicted octanol–water partition coefficient (Wildman–Crippen LogP) is 4.00. The smallest absolute Gasteiger partial charge is 0.375 e. The average Bonchev–Trinajstić information content (AvgIpc) is 2.90. The first-order valence-electron chi connectivity index (χ1n) is 8.01. The highest BCUT2D eigenvalue weighted by molar-refractivity contribution is 7.96. The molecule has 2 N–H and O–H groups in total. The fourth-order valence-corrected chi connectivity index (χ4v) is 4.50. The molecule has 0 fully saturated rings. The molecular formula is C15H12Cl2F6N4O3S. The zero-order valence-electron chi connectivity index (χ0n) is 15.2. The van der Waals surface area contributed by atoms with Crippen molar-refractivity contribution in [1.82, 2.24) is 5.12 Å². The molecule has 0 aromatic heterocycles. The number of nitriles is 1. The number of alkyl halides is 6. The van der Waals surface area contributed by atoms with Gasteiger partial charge < -0.3 is 4.74 Å². The largest absolute Gasteiger partial charge is 0.501 e. The second-order valence-corrected chi connectivity index (χ2v) is 8.63. The molecule has 0 aliphatic carbocycles. The Morgan fingerprint density at radius 3 is 2.10 bits per heavy atom. The van der Waals surface area contributed by atoms with E-state index in [0.29, 0.717) is 17.1 Å². The minimum atomic E-state index is -6.10. The monoisotopic (exact) mass is 512 g/mol. The lowest BCUT2D eigenvalue weighted by molar-refractivity contribution is -0.137. The van der Waals surface area contributed by atoms with E-state index in [0.717, 1.165) is 0 Å². The van der Waals surface area contributed by atoms with E-state index in [9.17, 15) is 40.0 Å². The summed E-state index contributed by atoms with van der Waals surface area (Å²) in [6.07, 6.45) is -4.86. The molecule has 2 rings (SSSR count). The Morgan fingerprint density at radius 1 is 1.19 bits per heavy atom. The van der Waals surface area contributed by atoms with Crippen molar-refractivity contribution in [3.63, 3.8) is 0 Å². The van der Waals surface area contributed by atoms with Crippen LogP contribution in [0, 0.1) is 11.3 Å². The molecule has 1 unspecified atom stereocenters. The van der Waals surface area contributed by atoms with Crippen LogP contribution < -0.4 is 10.9 Å². The number of nitrogens with zero attached hydrogens (tertiary/aromatic N) is 3. The van der Waals surface area contributed by atoms with Gasteiger partial charge in [-0.1, -0.05) is 23.2 Å². The molecule has 7 nitrogen and oxygen atoms in total. The number of halogens is 8. The maximum atomic E-state index is 13.3. The van der Waals surface area contributed by atoms with E-state index in [1.807, 2.05) is 0 Å². The highest BCUT2D eigenvalue weighted by Crippen LogP contribution is 2.46. The third kappa shape index (κ3) is 4.57. The van der Waals surface area contributed by atoms with E-state index in [2.05, 4.69) is 0 Å². The molecular weight excluding hydrogens is 501 g/mol. The van der Waals surface area contributed by atoms with Gasteiger partial charge >= 0.3 is 11.7 Å². The maximum absolute atomic E-state index is 13.3. The van der Waals surface area contributed by atoms with Crippen LogP contribution in [0.4, 0.5) is 32.0 Å². The third-order valence-corrected chi connectivity index (χ3v) is 6.22. The molecule has 172 valence electrons. The Labute approximate surface area is 182 Å². The van der Waals surface area contributed by atoms with Crippen molar-refractivity contribution >= 4 is 38.7 Å². The molecule has 1 aliphatic rings. The van der Waals surface area contributed by atoms with E-state index in [1.54, 1.807) is 0 Å². The van der Waals surface area contributed by atoms with E-state index in [4.69, 9.17) is 33.8 Å². The Hall–Kier alpha value is -1.76. The molecule has 1 aromatic rings. The van der Waals surface area contributed by atoms with Gasteiger partial charge in [0.15, 0.2) is 6.04 Å². The van der Waals surface area contributed by atoms with Gasteiger partial charge in [0, 0.05) is 6.61 Å². The van der Waals surface area contributed by atoms with Gasteiger partial charge in [0.2, 0.25) is 0 Å². The number of benzene rings is 1. The SMILES string of the molecule is CCOCC1=C(S(=O)(=O)C(F)(F)F)C(C#N)N(N)N1c1c(Cl)cc(C(F)(F)F)cc1Cl. The van der Waals surface area contributed by atoms with Gasteiger partial charge in [0.05, 0.1) is 39.7 Å². The van der Waals surface area contributed by atoms with Crippen LogP contribution in [0.2, 0.25) is 10.0 Å². The van der Waals surface area contributed by atoms with Gasteiger partial charge in [-0.2, -0.15) is 31.6 Å². The second kappa shape index (κ2) is 8.64. The number of hydrazine groups is 2. The molecule has 0 radical (unpaired) electrons. The first-order valence-corrected chi connectivity index (χ1v) is 10.2. The predicted molar refractivity (Wildman–Crippen MR) is 97.9 cm³/mol. The van der Waals surface area contributed by atoms with Crippen LogP contribution in [0.15, 0.2) is 22.7 Å². The zero-order chi connectivity index (χ0) is 23.9. The molecule has 31 heavy (non-hydrogen) atoms. The van der Waals surface area contributed by atoms with Crippen molar-refractivity contribution in [1.29, 1.82) is 5.26 Å². The van der Waals surface area contributed by atoms with Gasteiger partial charge in [-0.15, -0.1) is 5.12 Å². The van der Waals surface area contributed by atoms with Crippen LogP contribution in [0.1, 0.15) is 12.5 Å². The number of rotatable bonds is 5. The van der Waals surface area contributed by atoms with Crippen molar-refractivity contribution in [2.45, 2.75) is 24.7 Å². The number of sulfone groups is 1. The van der Waals surface area contributed by atoms with Gasteiger partial charge in [-0.3, -0.25) is 5.01 Å². The Balaban J connectivity index is 2.85. The number of ether oxygens (including phenoxy) is 1. The summed E-state index contributed by atoms with van der Waals surface area (Å²) < 4.78 is 108. The highest BCUT2D eigenvalue weighted by Gasteiger charge is 2.56. The average molecular weight is 513 g/mol. The lowest BCUT2D eigenvalue weighted by atomic mass is 10.2. The van der Waals surface area contributed by atoms with Gasteiger partial charge in [0.1, 0.15) is 4.91 Å². The molecule has 1 heterocycles. The van der Waals surface area contributed by atoms with E-state index in [1.165, 1.54) is 13.0 Å². The number of nitrogens with two attached hydrogens (primary N) is 1. The van der Waals surface area contributed by atoms with Crippen molar-refractivity contribution in [2.75, 3.05) is 18.2 Å².